The Morgan fingerprint density at radius 1 is 1.47 bits per heavy atom. The van der Waals surface area contributed by atoms with Crippen LogP contribution in [0.15, 0.2) is 29.3 Å². The summed E-state index contributed by atoms with van der Waals surface area (Å²) in [4.78, 5) is 17.6. The first-order valence-electron chi connectivity index (χ1n) is 6.13. The van der Waals surface area contributed by atoms with Crippen molar-refractivity contribution in [2.24, 2.45) is 4.99 Å². The molecule has 19 heavy (non-hydrogen) atoms. The molecule has 1 aliphatic rings. The highest BCUT2D eigenvalue weighted by atomic mass is 32.2. The molecule has 0 saturated heterocycles. The number of hydrogen-bond acceptors (Lipinski definition) is 5. The minimum atomic E-state index is -1.05. The number of benzene rings is 1. The topological polar surface area (TPSA) is 62.1 Å². The molecular formula is C13H16N2O3S. The molecule has 0 radical (unpaired) electrons. The van der Waals surface area contributed by atoms with Gasteiger partial charge in [0.15, 0.2) is 11.4 Å². The maximum Gasteiger partial charge on any atom is 0.418 e. The molecule has 1 N–H and O–H groups in total. The highest BCUT2D eigenvalue weighted by Crippen LogP contribution is 2.35. The SMILES string of the molecule is CCOC(=O)N1C(SCC)=Nc2ccccc2C1O. The minimum Gasteiger partial charge on any atom is -0.449 e. The molecule has 0 aliphatic carbocycles. The van der Waals surface area contributed by atoms with E-state index < -0.39 is 12.3 Å². The molecule has 1 aromatic carbocycles. The Hall–Kier alpha value is -1.53. The van der Waals surface area contributed by atoms with Crippen LogP contribution < -0.4 is 0 Å². The van der Waals surface area contributed by atoms with E-state index in [2.05, 4.69) is 4.99 Å². The van der Waals surface area contributed by atoms with Crippen molar-refractivity contribution >= 4 is 28.7 Å². The molecule has 1 atom stereocenters. The van der Waals surface area contributed by atoms with E-state index in [-0.39, 0.29) is 6.61 Å². The number of rotatable bonds is 2. The van der Waals surface area contributed by atoms with Crippen molar-refractivity contribution < 1.29 is 14.6 Å². The second kappa shape index (κ2) is 6.08. The summed E-state index contributed by atoms with van der Waals surface area (Å²) >= 11 is 1.40. The van der Waals surface area contributed by atoms with Crippen LogP contribution in [0.1, 0.15) is 25.6 Å². The van der Waals surface area contributed by atoms with E-state index in [1.165, 1.54) is 16.7 Å². The van der Waals surface area contributed by atoms with E-state index in [0.717, 1.165) is 5.75 Å². The van der Waals surface area contributed by atoms with Gasteiger partial charge in [-0.3, -0.25) is 0 Å². The van der Waals surface area contributed by atoms with Crippen molar-refractivity contribution in [1.29, 1.82) is 0 Å². The highest BCUT2D eigenvalue weighted by molar-refractivity contribution is 8.13. The van der Waals surface area contributed by atoms with Crippen molar-refractivity contribution in [3.05, 3.63) is 29.8 Å². The number of fused-ring (bicyclic) bond motifs is 1. The maximum atomic E-state index is 12.0. The van der Waals surface area contributed by atoms with E-state index >= 15 is 0 Å². The maximum absolute atomic E-state index is 12.0. The number of ether oxygens (including phenoxy) is 1. The average Bonchev–Trinajstić information content (AvgIpc) is 2.39. The van der Waals surface area contributed by atoms with Crippen LogP contribution in [0.3, 0.4) is 0 Å². The fraction of sp³-hybridized carbons (Fsp3) is 0.385. The molecule has 0 aromatic heterocycles. The molecule has 0 bridgehead atoms. The van der Waals surface area contributed by atoms with Gasteiger partial charge in [0.05, 0.1) is 12.3 Å². The zero-order valence-electron chi connectivity index (χ0n) is 10.9. The van der Waals surface area contributed by atoms with E-state index in [4.69, 9.17) is 4.74 Å². The number of para-hydroxylation sites is 1. The summed E-state index contributed by atoms with van der Waals surface area (Å²) < 4.78 is 4.98. The normalized spacial score (nSPS) is 17.7. The van der Waals surface area contributed by atoms with Crippen LogP contribution in [0, 0.1) is 0 Å². The van der Waals surface area contributed by atoms with Crippen molar-refractivity contribution in [2.75, 3.05) is 12.4 Å². The Morgan fingerprint density at radius 3 is 2.89 bits per heavy atom. The van der Waals surface area contributed by atoms with Crippen LogP contribution in [-0.2, 0) is 4.74 Å². The van der Waals surface area contributed by atoms with Crippen LogP contribution in [-0.4, -0.2) is 33.6 Å². The number of carbonyl (C=O) groups excluding carboxylic acids is 1. The molecular weight excluding hydrogens is 264 g/mol. The van der Waals surface area contributed by atoms with Crippen molar-refractivity contribution in [3.63, 3.8) is 0 Å². The largest absolute Gasteiger partial charge is 0.449 e. The molecule has 102 valence electrons. The molecule has 1 heterocycles. The zero-order valence-corrected chi connectivity index (χ0v) is 11.7. The Kier molecular flexibility index (Phi) is 4.44. The van der Waals surface area contributed by atoms with Crippen LogP contribution in [0.5, 0.6) is 0 Å². The molecule has 1 amide bonds. The van der Waals surface area contributed by atoms with Crippen LogP contribution >= 0.6 is 11.8 Å². The Labute approximate surface area is 116 Å². The fourth-order valence-electron chi connectivity index (χ4n) is 1.81. The van der Waals surface area contributed by atoms with Gasteiger partial charge in [-0.05, 0) is 18.7 Å². The second-order valence-electron chi connectivity index (χ2n) is 3.83. The van der Waals surface area contributed by atoms with Gasteiger partial charge in [-0.1, -0.05) is 36.9 Å². The predicted octanol–water partition coefficient (Wildman–Crippen LogP) is 2.89. The van der Waals surface area contributed by atoms with Gasteiger partial charge in [-0.2, -0.15) is 0 Å². The third-order valence-electron chi connectivity index (χ3n) is 2.62. The van der Waals surface area contributed by atoms with Gasteiger partial charge in [0.1, 0.15) is 0 Å². The minimum absolute atomic E-state index is 0.258. The number of aliphatic imine (C=N–C) groups is 1. The van der Waals surface area contributed by atoms with Crippen LogP contribution in [0.25, 0.3) is 0 Å². The van der Waals surface area contributed by atoms with Gasteiger partial charge in [0.25, 0.3) is 0 Å². The standard InChI is InChI=1S/C13H16N2O3S/c1-3-18-13(17)15-11(16)9-7-5-6-8-10(9)14-12(15)19-4-2/h5-8,11,16H,3-4H2,1-2H3. The lowest BCUT2D eigenvalue weighted by molar-refractivity contribution is 0.0383. The van der Waals surface area contributed by atoms with Crippen molar-refractivity contribution in [3.8, 4) is 0 Å². The first-order chi connectivity index (χ1) is 9.19. The zero-order chi connectivity index (χ0) is 13.8. The van der Waals surface area contributed by atoms with Crippen LogP contribution in [0.2, 0.25) is 0 Å². The fourth-order valence-corrected chi connectivity index (χ4v) is 2.54. The first kappa shape index (κ1) is 13.9. The quantitative estimate of drug-likeness (QED) is 0.904. The number of nitrogens with zero attached hydrogens (tertiary/aromatic N) is 2. The predicted molar refractivity (Wildman–Crippen MR) is 75.5 cm³/mol. The third kappa shape index (κ3) is 2.74. The Balaban J connectivity index is 2.40. The average molecular weight is 280 g/mol. The number of amidine groups is 1. The van der Waals surface area contributed by atoms with Crippen molar-refractivity contribution in [1.82, 2.24) is 4.90 Å². The Morgan fingerprint density at radius 2 is 2.21 bits per heavy atom. The van der Waals surface area contributed by atoms with Gasteiger partial charge in [0.2, 0.25) is 0 Å². The van der Waals surface area contributed by atoms with Crippen LogP contribution in [0.4, 0.5) is 10.5 Å². The lowest BCUT2D eigenvalue weighted by Crippen LogP contribution is -2.40. The third-order valence-corrected chi connectivity index (χ3v) is 3.45. The summed E-state index contributed by atoms with van der Waals surface area (Å²) in [6.07, 6.45) is -1.63. The van der Waals surface area contributed by atoms with E-state index in [1.807, 2.05) is 19.1 Å². The summed E-state index contributed by atoms with van der Waals surface area (Å²) in [5.41, 5.74) is 1.29. The number of aliphatic hydroxyl groups excluding tert-OH is 1. The molecule has 0 spiro atoms. The Bertz CT molecular complexity index is 504. The highest BCUT2D eigenvalue weighted by Gasteiger charge is 2.34. The number of hydrogen-bond donors (Lipinski definition) is 1. The molecule has 2 rings (SSSR count). The molecule has 0 saturated carbocycles. The summed E-state index contributed by atoms with van der Waals surface area (Å²) in [6.45, 7) is 3.95. The summed E-state index contributed by atoms with van der Waals surface area (Å²) in [6, 6.07) is 7.22. The van der Waals surface area contributed by atoms with Gasteiger partial charge in [-0.25, -0.2) is 14.7 Å². The number of aliphatic hydroxyl groups is 1. The van der Waals surface area contributed by atoms with Gasteiger partial charge in [-0.15, -0.1) is 0 Å². The monoisotopic (exact) mass is 280 g/mol. The second-order valence-corrected chi connectivity index (χ2v) is 5.06. The lowest BCUT2D eigenvalue weighted by Gasteiger charge is -2.31. The molecule has 1 aromatic rings. The van der Waals surface area contributed by atoms with E-state index in [1.54, 1.807) is 19.1 Å². The smallest absolute Gasteiger partial charge is 0.418 e. The van der Waals surface area contributed by atoms with Gasteiger partial charge in [0, 0.05) is 5.56 Å². The van der Waals surface area contributed by atoms with Gasteiger partial charge < -0.3 is 9.84 Å². The van der Waals surface area contributed by atoms with Gasteiger partial charge >= 0.3 is 6.09 Å². The number of amides is 1. The van der Waals surface area contributed by atoms with E-state index in [9.17, 15) is 9.90 Å². The summed E-state index contributed by atoms with van der Waals surface area (Å²) in [5, 5.41) is 10.8. The lowest BCUT2D eigenvalue weighted by atomic mass is 10.1. The molecule has 5 nitrogen and oxygen atoms in total. The van der Waals surface area contributed by atoms with E-state index in [0.29, 0.717) is 16.4 Å². The molecule has 6 heteroatoms. The number of thioether (sulfide) groups is 1. The van der Waals surface area contributed by atoms with Crippen molar-refractivity contribution in [2.45, 2.75) is 20.1 Å². The molecule has 1 unspecified atom stereocenters. The molecule has 1 aliphatic heterocycles. The number of carbonyl (C=O) groups is 1. The molecule has 0 fully saturated rings. The summed E-state index contributed by atoms with van der Waals surface area (Å²) in [7, 11) is 0. The first-order valence-corrected chi connectivity index (χ1v) is 7.12. The summed E-state index contributed by atoms with van der Waals surface area (Å²) in [5.74, 6) is 0.754.